The van der Waals surface area contributed by atoms with Gasteiger partial charge in [-0.2, -0.15) is 18.2 Å². The van der Waals surface area contributed by atoms with E-state index in [1.807, 2.05) is 11.9 Å². The highest BCUT2D eigenvalue weighted by Crippen LogP contribution is 2.39. The average molecular weight is 686 g/mol. The lowest BCUT2D eigenvalue weighted by Crippen LogP contribution is -2.54. The van der Waals surface area contributed by atoms with Crippen LogP contribution >= 0.6 is 0 Å². The molecular formula is C32H31F4N7O4S. The van der Waals surface area contributed by atoms with Crippen molar-refractivity contribution >= 4 is 32.6 Å². The Hall–Kier alpha value is -4.70. The number of likely N-dealkylation sites (N-methyl/N-ethyl adjacent to an activating group) is 1. The van der Waals surface area contributed by atoms with Crippen LogP contribution in [0.15, 0.2) is 64.9 Å². The summed E-state index contributed by atoms with van der Waals surface area (Å²) in [6.07, 6.45) is -1.88. The lowest BCUT2D eigenvalue weighted by Gasteiger charge is -2.40. The van der Waals surface area contributed by atoms with Crippen LogP contribution in [0.3, 0.4) is 0 Å². The fourth-order valence-corrected chi connectivity index (χ4v) is 7.33. The molecule has 2 fully saturated rings. The molecule has 1 amide bonds. The van der Waals surface area contributed by atoms with E-state index >= 15 is 4.39 Å². The first kappa shape index (κ1) is 33.2. The number of para-hydroxylation sites is 1. The molecule has 0 saturated carbocycles. The second-order valence-corrected chi connectivity index (χ2v) is 14.0. The van der Waals surface area contributed by atoms with Crippen molar-refractivity contribution < 1.29 is 30.8 Å². The van der Waals surface area contributed by atoms with E-state index in [2.05, 4.69) is 21.5 Å². The van der Waals surface area contributed by atoms with Gasteiger partial charge in [-0.1, -0.05) is 18.7 Å². The zero-order chi connectivity index (χ0) is 34.7. The minimum atomic E-state index is -4.97. The molecule has 2 saturated heterocycles. The predicted molar refractivity (Wildman–Crippen MR) is 170 cm³/mol. The smallest absolute Gasteiger partial charge is 0.350 e. The van der Waals surface area contributed by atoms with Crippen LogP contribution in [0.25, 0.3) is 28.0 Å². The first-order chi connectivity index (χ1) is 22.6. The van der Waals surface area contributed by atoms with Crippen LogP contribution in [0.4, 0.5) is 23.4 Å². The number of halogens is 4. The van der Waals surface area contributed by atoms with Crippen molar-refractivity contribution in [1.29, 1.82) is 0 Å². The summed E-state index contributed by atoms with van der Waals surface area (Å²) >= 11 is 0. The number of piperazine rings is 1. The van der Waals surface area contributed by atoms with E-state index in [1.54, 1.807) is 28.9 Å². The topological polar surface area (TPSA) is 122 Å². The number of amides is 1. The second kappa shape index (κ2) is 12.1. The highest BCUT2D eigenvalue weighted by atomic mass is 32.2. The number of likely N-dealkylation sites (tertiary alicyclic amines) is 1. The van der Waals surface area contributed by atoms with Crippen LogP contribution in [-0.2, 0) is 20.8 Å². The van der Waals surface area contributed by atoms with Gasteiger partial charge in [0.1, 0.15) is 17.3 Å². The number of fused-ring (bicyclic) bond motifs is 1. The van der Waals surface area contributed by atoms with Crippen molar-refractivity contribution in [2.45, 2.75) is 30.0 Å². The molecule has 2 aliphatic rings. The van der Waals surface area contributed by atoms with Crippen LogP contribution < -0.4 is 10.6 Å². The number of alkyl halides is 3. The Labute approximate surface area is 273 Å². The summed E-state index contributed by atoms with van der Waals surface area (Å²) in [6.45, 7) is 6.99. The van der Waals surface area contributed by atoms with Gasteiger partial charge in [0.15, 0.2) is 21.2 Å². The van der Waals surface area contributed by atoms with Gasteiger partial charge in [-0.25, -0.2) is 27.2 Å². The second-order valence-electron chi connectivity index (χ2n) is 12.1. The van der Waals surface area contributed by atoms with Gasteiger partial charge in [0.2, 0.25) is 5.91 Å². The number of rotatable bonds is 6. The highest BCUT2D eigenvalue weighted by molar-refractivity contribution is 7.90. The number of aromatic nitrogens is 4. The highest BCUT2D eigenvalue weighted by Gasteiger charge is 2.38. The van der Waals surface area contributed by atoms with E-state index in [-0.39, 0.29) is 58.9 Å². The monoisotopic (exact) mass is 685 g/mol. The fourth-order valence-electron chi connectivity index (χ4n) is 6.44. The minimum absolute atomic E-state index is 0.00796. The van der Waals surface area contributed by atoms with Crippen LogP contribution in [0.1, 0.15) is 24.1 Å². The van der Waals surface area contributed by atoms with E-state index in [0.29, 0.717) is 18.7 Å². The van der Waals surface area contributed by atoms with Crippen molar-refractivity contribution in [3.8, 4) is 16.9 Å². The van der Waals surface area contributed by atoms with Gasteiger partial charge < -0.3 is 14.7 Å². The van der Waals surface area contributed by atoms with Crippen LogP contribution in [-0.4, -0.2) is 95.7 Å². The standard InChI is InChI=1S/C32H31F4N7O4S/c1-5-25(44)41-12-13-42(18(2)15-41)29-22-14-23(33)26(21-9-7-11-37-28(21)32(34,35)36)38-30(22)43(31(45)39-29)27-20(19-16-40(3)17-19)8-6-10-24(27)48(4,46)47/h5-11,14,18-19H,1,12-13,15-17H2,2-4H3/t18-/m0/s1. The largest absolute Gasteiger partial charge is 0.434 e. The summed E-state index contributed by atoms with van der Waals surface area (Å²) in [7, 11) is -2.12. The summed E-state index contributed by atoms with van der Waals surface area (Å²) < 4.78 is 85.6. The fraction of sp³-hybridized carbons (Fsp3) is 0.344. The van der Waals surface area contributed by atoms with Gasteiger partial charge in [-0.05, 0) is 49.9 Å². The lowest BCUT2D eigenvalue weighted by molar-refractivity contribution is -0.140. The Balaban J connectivity index is 1.69. The first-order valence-electron chi connectivity index (χ1n) is 15.0. The molecule has 0 unspecified atom stereocenters. The van der Waals surface area contributed by atoms with Gasteiger partial charge in [-0.15, -0.1) is 0 Å². The van der Waals surface area contributed by atoms with Crippen LogP contribution in [0.5, 0.6) is 0 Å². The third-order valence-corrected chi connectivity index (χ3v) is 9.80. The number of benzene rings is 1. The maximum absolute atomic E-state index is 16.1. The van der Waals surface area contributed by atoms with E-state index in [1.165, 1.54) is 18.2 Å². The van der Waals surface area contributed by atoms with Gasteiger partial charge in [0, 0.05) is 62.7 Å². The number of anilines is 1. The molecular weight excluding hydrogens is 654 g/mol. The first-order valence-corrected chi connectivity index (χ1v) is 16.8. The Bertz CT molecular complexity index is 2130. The lowest BCUT2D eigenvalue weighted by atomic mass is 9.90. The summed E-state index contributed by atoms with van der Waals surface area (Å²) in [6, 6.07) is 7.31. The Morgan fingerprint density at radius 1 is 1.08 bits per heavy atom. The number of sulfone groups is 1. The van der Waals surface area contributed by atoms with Crippen molar-refractivity contribution in [3.63, 3.8) is 0 Å². The van der Waals surface area contributed by atoms with Crippen molar-refractivity contribution in [2.75, 3.05) is 50.9 Å². The van der Waals surface area contributed by atoms with Crippen LogP contribution in [0.2, 0.25) is 0 Å². The van der Waals surface area contributed by atoms with Crippen molar-refractivity contribution in [1.82, 2.24) is 29.3 Å². The molecule has 0 radical (unpaired) electrons. The third-order valence-electron chi connectivity index (χ3n) is 8.68. The molecule has 1 atom stereocenters. The Kier molecular flexibility index (Phi) is 8.35. The van der Waals surface area contributed by atoms with E-state index in [9.17, 15) is 31.2 Å². The number of nitrogens with zero attached hydrogens (tertiary/aromatic N) is 7. The Morgan fingerprint density at radius 2 is 1.81 bits per heavy atom. The van der Waals surface area contributed by atoms with Gasteiger partial charge >= 0.3 is 11.9 Å². The molecule has 2 aliphatic heterocycles. The normalized spacial score (nSPS) is 17.9. The number of pyridine rings is 2. The number of carbonyl (C=O) groups excluding carboxylic acids is 1. The van der Waals surface area contributed by atoms with Gasteiger partial charge in [-0.3, -0.25) is 9.78 Å². The number of hydrogen-bond donors (Lipinski definition) is 0. The molecule has 252 valence electrons. The Morgan fingerprint density at radius 3 is 2.44 bits per heavy atom. The molecule has 16 heteroatoms. The molecule has 4 aromatic rings. The molecule has 0 bridgehead atoms. The predicted octanol–water partition coefficient (Wildman–Crippen LogP) is 3.66. The molecule has 0 N–H and O–H groups in total. The molecule has 6 rings (SSSR count). The minimum Gasteiger partial charge on any atom is -0.350 e. The zero-order valence-corrected chi connectivity index (χ0v) is 27.0. The summed E-state index contributed by atoms with van der Waals surface area (Å²) in [4.78, 5) is 43.7. The SMILES string of the molecule is C=CC(=O)N1CCN(c2nc(=O)n(-c3c(C4CN(C)C4)cccc3S(C)(=O)=O)c3nc(-c4cccnc4C(F)(F)F)c(F)cc23)[C@@H](C)C1. The van der Waals surface area contributed by atoms with Gasteiger partial charge in [0.25, 0.3) is 0 Å². The molecule has 3 aromatic heterocycles. The molecule has 11 nitrogen and oxygen atoms in total. The number of carbonyl (C=O) groups is 1. The van der Waals surface area contributed by atoms with E-state index in [4.69, 9.17) is 0 Å². The van der Waals surface area contributed by atoms with Crippen molar-refractivity contribution in [3.05, 3.63) is 82.8 Å². The molecule has 5 heterocycles. The van der Waals surface area contributed by atoms with E-state index in [0.717, 1.165) is 29.2 Å². The van der Waals surface area contributed by atoms with Crippen LogP contribution in [0, 0.1) is 5.82 Å². The summed E-state index contributed by atoms with van der Waals surface area (Å²) in [5.41, 5.74) is -3.59. The quantitative estimate of drug-likeness (QED) is 0.221. The van der Waals surface area contributed by atoms with Gasteiger partial charge in [0.05, 0.1) is 16.0 Å². The molecule has 0 aliphatic carbocycles. The average Bonchev–Trinajstić information content (AvgIpc) is 3.01. The third kappa shape index (κ3) is 5.83. The number of hydrogen-bond acceptors (Lipinski definition) is 9. The molecule has 48 heavy (non-hydrogen) atoms. The zero-order valence-electron chi connectivity index (χ0n) is 26.2. The summed E-state index contributed by atoms with van der Waals surface area (Å²) in [5.74, 6) is -1.64. The van der Waals surface area contributed by atoms with E-state index < -0.39 is 50.5 Å². The maximum Gasteiger partial charge on any atom is 0.434 e. The molecule has 1 aromatic carbocycles. The maximum atomic E-state index is 16.1. The molecule has 0 spiro atoms. The summed E-state index contributed by atoms with van der Waals surface area (Å²) in [5, 5.41) is -0.0383. The van der Waals surface area contributed by atoms with Crippen molar-refractivity contribution in [2.24, 2.45) is 0 Å².